The smallest absolute Gasteiger partial charge is 0.259 e. The molecule has 4 rings (SSSR count). The lowest BCUT2D eigenvalue weighted by molar-refractivity contribution is 0.0703. The molecule has 2 aromatic rings. The van der Waals surface area contributed by atoms with Crippen molar-refractivity contribution >= 4 is 11.7 Å². The molecule has 7 nitrogen and oxygen atoms in total. The molecule has 0 unspecified atom stereocenters. The standard InChI is InChI=1S/C16H19N5O2/c1-10-13(7-17-23-10)16(22)20(2)12-8-21(9-12)15-6-5-14(18-19-15)11-3-4-11/h5-7,11-12H,3-4,8-9H2,1-2H3. The van der Waals surface area contributed by atoms with Gasteiger partial charge in [0.25, 0.3) is 5.91 Å². The Morgan fingerprint density at radius 2 is 2.09 bits per heavy atom. The van der Waals surface area contributed by atoms with Crippen molar-refractivity contribution in [2.24, 2.45) is 0 Å². The summed E-state index contributed by atoms with van der Waals surface area (Å²) in [7, 11) is 1.82. The van der Waals surface area contributed by atoms with Crippen molar-refractivity contribution in [3.05, 3.63) is 35.3 Å². The van der Waals surface area contributed by atoms with E-state index >= 15 is 0 Å². The Morgan fingerprint density at radius 1 is 1.30 bits per heavy atom. The first-order chi connectivity index (χ1) is 11.1. The van der Waals surface area contributed by atoms with Crippen LogP contribution in [0.15, 0.2) is 22.9 Å². The van der Waals surface area contributed by atoms with Crippen LogP contribution < -0.4 is 4.90 Å². The van der Waals surface area contributed by atoms with Crippen LogP contribution in [0.5, 0.6) is 0 Å². The van der Waals surface area contributed by atoms with E-state index in [4.69, 9.17) is 4.52 Å². The number of hydrogen-bond donors (Lipinski definition) is 0. The summed E-state index contributed by atoms with van der Waals surface area (Å²) < 4.78 is 4.97. The molecule has 120 valence electrons. The van der Waals surface area contributed by atoms with Gasteiger partial charge in [0.15, 0.2) is 5.82 Å². The van der Waals surface area contributed by atoms with Gasteiger partial charge in [-0.25, -0.2) is 0 Å². The summed E-state index contributed by atoms with van der Waals surface area (Å²) >= 11 is 0. The normalized spacial score (nSPS) is 17.9. The first-order valence-corrected chi connectivity index (χ1v) is 7.90. The molecule has 0 N–H and O–H groups in total. The van der Waals surface area contributed by atoms with Gasteiger partial charge in [0.05, 0.1) is 17.9 Å². The van der Waals surface area contributed by atoms with E-state index < -0.39 is 0 Å². The Labute approximate surface area is 134 Å². The molecule has 0 aromatic carbocycles. The van der Waals surface area contributed by atoms with Gasteiger partial charge in [-0.2, -0.15) is 5.10 Å². The van der Waals surface area contributed by atoms with E-state index in [1.807, 2.05) is 13.1 Å². The summed E-state index contributed by atoms with van der Waals surface area (Å²) in [6.45, 7) is 3.28. The molecule has 1 amide bonds. The maximum Gasteiger partial charge on any atom is 0.259 e. The van der Waals surface area contributed by atoms with Crippen LogP contribution in [-0.4, -0.2) is 52.3 Å². The second-order valence-electron chi connectivity index (χ2n) is 6.36. The molecule has 7 heteroatoms. The van der Waals surface area contributed by atoms with E-state index in [1.54, 1.807) is 11.8 Å². The molecule has 2 fully saturated rings. The van der Waals surface area contributed by atoms with E-state index in [0.29, 0.717) is 17.2 Å². The monoisotopic (exact) mass is 313 g/mol. The van der Waals surface area contributed by atoms with Gasteiger partial charge >= 0.3 is 0 Å². The molecule has 2 aliphatic rings. The second-order valence-corrected chi connectivity index (χ2v) is 6.36. The molecular weight excluding hydrogens is 294 g/mol. The third-order valence-electron chi connectivity index (χ3n) is 4.70. The molecule has 0 bridgehead atoms. The highest BCUT2D eigenvalue weighted by atomic mass is 16.5. The van der Waals surface area contributed by atoms with Crippen LogP contribution in [0.4, 0.5) is 5.82 Å². The van der Waals surface area contributed by atoms with Crippen molar-refractivity contribution < 1.29 is 9.32 Å². The average molecular weight is 313 g/mol. The van der Waals surface area contributed by atoms with Crippen molar-refractivity contribution in [2.45, 2.75) is 31.7 Å². The van der Waals surface area contributed by atoms with E-state index in [0.717, 1.165) is 24.6 Å². The number of aryl methyl sites for hydroxylation is 1. The van der Waals surface area contributed by atoms with Gasteiger partial charge in [-0.05, 0) is 31.9 Å². The van der Waals surface area contributed by atoms with Crippen molar-refractivity contribution in [3.8, 4) is 0 Å². The maximum atomic E-state index is 12.4. The van der Waals surface area contributed by atoms with E-state index in [-0.39, 0.29) is 11.9 Å². The second kappa shape index (κ2) is 5.33. The van der Waals surface area contributed by atoms with Crippen LogP contribution in [-0.2, 0) is 0 Å². The molecule has 1 saturated carbocycles. The van der Waals surface area contributed by atoms with Crippen molar-refractivity contribution in [1.82, 2.24) is 20.3 Å². The predicted octanol–water partition coefficient (Wildman–Crippen LogP) is 1.61. The summed E-state index contributed by atoms with van der Waals surface area (Å²) in [4.78, 5) is 16.3. The van der Waals surface area contributed by atoms with E-state index in [1.165, 1.54) is 19.0 Å². The Hall–Kier alpha value is -2.44. The Kier molecular flexibility index (Phi) is 3.28. The Morgan fingerprint density at radius 3 is 2.65 bits per heavy atom. The molecule has 1 saturated heterocycles. The first kappa shape index (κ1) is 14.2. The van der Waals surface area contributed by atoms with Crippen LogP contribution in [0, 0.1) is 6.92 Å². The number of nitrogens with zero attached hydrogens (tertiary/aromatic N) is 5. The lowest BCUT2D eigenvalue weighted by Crippen LogP contribution is -2.60. The van der Waals surface area contributed by atoms with Gasteiger partial charge in [-0.1, -0.05) is 5.16 Å². The zero-order valence-corrected chi connectivity index (χ0v) is 13.3. The average Bonchev–Trinajstić information content (AvgIpc) is 3.27. The summed E-state index contributed by atoms with van der Waals surface area (Å²) in [6.07, 6.45) is 3.94. The minimum atomic E-state index is -0.0523. The fraction of sp³-hybridized carbons (Fsp3) is 0.500. The number of carbonyl (C=O) groups excluding carboxylic acids is 1. The van der Waals surface area contributed by atoms with Crippen LogP contribution in [0.3, 0.4) is 0 Å². The molecule has 0 atom stereocenters. The number of amides is 1. The lowest BCUT2D eigenvalue weighted by Gasteiger charge is -2.44. The summed E-state index contributed by atoms with van der Waals surface area (Å²) in [6, 6.07) is 4.27. The van der Waals surface area contributed by atoms with Crippen LogP contribution in [0.2, 0.25) is 0 Å². The van der Waals surface area contributed by atoms with Gasteiger partial charge in [0.2, 0.25) is 0 Å². The number of rotatable bonds is 4. The molecule has 1 aliphatic heterocycles. The quantitative estimate of drug-likeness (QED) is 0.853. The van der Waals surface area contributed by atoms with Crippen molar-refractivity contribution in [3.63, 3.8) is 0 Å². The zero-order valence-electron chi connectivity index (χ0n) is 13.3. The zero-order chi connectivity index (χ0) is 16.0. The van der Waals surface area contributed by atoms with Crippen LogP contribution >= 0.6 is 0 Å². The Balaban J connectivity index is 1.37. The number of likely N-dealkylation sites (N-methyl/N-ethyl adjacent to an activating group) is 1. The maximum absolute atomic E-state index is 12.4. The van der Waals surface area contributed by atoms with Gasteiger partial charge in [-0.3, -0.25) is 4.79 Å². The van der Waals surface area contributed by atoms with Crippen molar-refractivity contribution in [2.75, 3.05) is 25.0 Å². The fourth-order valence-electron chi connectivity index (χ4n) is 2.85. The predicted molar refractivity (Wildman–Crippen MR) is 83.3 cm³/mol. The minimum absolute atomic E-state index is 0.0523. The van der Waals surface area contributed by atoms with Gasteiger partial charge in [0, 0.05) is 26.1 Å². The lowest BCUT2D eigenvalue weighted by atomic mass is 10.1. The molecular formula is C16H19N5O2. The van der Waals surface area contributed by atoms with Crippen molar-refractivity contribution in [1.29, 1.82) is 0 Å². The molecule has 2 aromatic heterocycles. The minimum Gasteiger partial charge on any atom is -0.361 e. The topological polar surface area (TPSA) is 75.4 Å². The van der Waals surface area contributed by atoms with E-state index in [2.05, 4.69) is 26.3 Å². The highest BCUT2D eigenvalue weighted by Crippen LogP contribution is 2.38. The summed E-state index contributed by atoms with van der Waals surface area (Å²) in [5, 5.41) is 12.3. The largest absolute Gasteiger partial charge is 0.361 e. The Bertz CT molecular complexity index is 716. The number of aromatic nitrogens is 3. The molecule has 23 heavy (non-hydrogen) atoms. The van der Waals surface area contributed by atoms with Gasteiger partial charge in [0.1, 0.15) is 11.3 Å². The van der Waals surface area contributed by atoms with Crippen LogP contribution in [0.1, 0.15) is 40.6 Å². The number of hydrogen-bond acceptors (Lipinski definition) is 6. The fourth-order valence-corrected chi connectivity index (χ4v) is 2.85. The summed E-state index contributed by atoms with van der Waals surface area (Å²) in [5.74, 6) is 2.01. The molecule has 0 radical (unpaired) electrons. The third-order valence-corrected chi connectivity index (χ3v) is 4.70. The highest BCUT2D eigenvalue weighted by molar-refractivity contribution is 5.95. The molecule has 1 aliphatic carbocycles. The SMILES string of the molecule is Cc1oncc1C(=O)N(C)C1CN(c2ccc(C3CC3)nn2)C1. The van der Waals surface area contributed by atoms with E-state index in [9.17, 15) is 4.79 Å². The molecule has 3 heterocycles. The summed E-state index contributed by atoms with van der Waals surface area (Å²) in [5.41, 5.74) is 1.63. The molecule has 0 spiro atoms. The van der Waals surface area contributed by atoms with Gasteiger partial charge < -0.3 is 14.3 Å². The first-order valence-electron chi connectivity index (χ1n) is 7.90. The van der Waals surface area contributed by atoms with Crippen LogP contribution in [0.25, 0.3) is 0 Å². The third kappa shape index (κ3) is 2.56. The van der Waals surface area contributed by atoms with Gasteiger partial charge in [-0.15, -0.1) is 5.10 Å². The number of carbonyl (C=O) groups is 1. The highest BCUT2D eigenvalue weighted by Gasteiger charge is 2.35. The number of anilines is 1.